The molecule has 1 unspecified atom stereocenters. The summed E-state index contributed by atoms with van der Waals surface area (Å²) < 4.78 is 3.17. The van der Waals surface area contributed by atoms with Crippen molar-refractivity contribution in [2.45, 2.75) is 39.8 Å². The highest BCUT2D eigenvalue weighted by atomic mass is 79.9. The van der Waals surface area contributed by atoms with Gasteiger partial charge in [-0.05, 0) is 37.1 Å². The summed E-state index contributed by atoms with van der Waals surface area (Å²) in [6.45, 7) is 8.32. The summed E-state index contributed by atoms with van der Waals surface area (Å²) in [5.41, 5.74) is 3.76. The first-order chi connectivity index (χ1) is 9.65. The van der Waals surface area contributed by atoms with Gasteiger partial charge in [-0.25, -0.2) is 0 Å². The van der Waals surface area contributed by atoms with E-state index in [9.17, 15) is 0 Å². The molecule has 0 spiro atoms. The lowest BCUT2D eigenvalue weighted by Crippen LogP contribution is -2.21. The summed E-state index contributed by atoms with van der Waals surface area (Å²) in [5.74, 6) is 0. The lowest BCUT2D eigenvalue weighted by atomic mass is 10.00. The van der Waals surface area contributed by atoms with E-state index in [1.165, 1.54) is 16.7 Å². The fourth-order valence-electron chi connectivity index (χ4n) is 2.36. The van der Waals surface area contributed by atoms with Crippen molar-refractivity contribution in [1.29, 1.82) is 0 Å². The van der Waals surface area contributed by atoms with Gasteiger partial charge in [-0.15, -0.1) is 0 Å². The Morgan fingerprint density at radius 2 is 2.10 bits per heavy atom. The zero-order valence-corrected chi connectivity index (χ0v) is 13.9. The van der Waals surface area contributed by atoms with Crippen molar-refractivity contribution < 1.29 is 0 Å². The smallest absolute Gasteiger partial charge is 0.0607 e. The Bertz CT molecular complexity index is 563. The minimum Gasteiger partial charge on any atom is -0.306 e. The number of rotatable bonds is 6. The van der Waals surface area contributed by atoms with Crippen LogP contribution in [0.25, 0.3) is 0 Å². The number of halogens is 1. The summed E-state index contributed by atoms with van der Waals surface area (Å²) in [4.78, 5) is 0. The molecular weight excluding hydrogens is 314 g/mol. The Balaban J connectivity index is 2.31. The van der Waals surface area contributed by atoms with Gasteiger partial charge in [-0.1, -0.05) is 41.9 Å². The van der Waals surface area contributed by atoms with Crippen LogP contribution < -0.4 is 5.32 Å². The van der Waals surface area contributed by atoms with E-state index in [4.69, 9.17) is 0 Å². The fourth-order valence-corrected chi connectivity index (χ4v) is 2.61. The van der Waals surface area contributed by atoms with Crippen LogP contribution in [0.2, 0.25) is 0 Å². The minimum absolute atomic E-state index is 0.206. The van der Waals surface area contributed by atoms with Crippen LogP contribution in [0.15, 0.2) is 35.1 Å². The molecule has 0 bridgehead atoms. The summed E-state index contributed by atoms with van der Waals surface area (Å²) in [6.07, 6.45) is 5.22. The highest BCUT2D eigenvalue weighted by Crippen LogP contribution is 2.25. The molecule has 20 heavy (non-hydrogen) atoms. The Kier molecular flexibility index (Phi) is 5.38. The number of nitrogens with zero attached hydrogens (tertiary/aromatic N) is 2. The van der Waals surface area contributed by atoms with Crippen LogP contribution in [0, 0.1) is 6.92 Å². The Morgan fingerprint density at radius 1 is 1.30 bits per heavy atom. The van der Waals surface area contributed by atoms with E-state index < -0.39 is 0 Å². The summed E-state index contributed by atoms with van der Waals surface area (Å²) in [6, 6.07) is 6.72. The second kappa shape index (κ2) is 7.04. The SMILES string of the molecule is CCCn1cc(C(NCC)c2ccc(Br)c(C)c2)cn1. The molecule has 108 valence electrons. The Morgan fingerprint density at radius 3 is 2.75 bits per heavy atom. The van der Waals surface area contributed by atoms with Crippen LogP contribution in [-0.2, 0) is 6.54 Å². The third-order valence-electron chi connectivity index (χ3n) is 3.36. The van der Waals surface area contributed by atoms with Gasteiger partial charge in [-0.2, -0.15) is 5.10 Å². The first-order valence-corrected chi connectivity index (χ1v) is 7.96. The van der Waals surface area contributed by atoms with E-state index in [1.54, 1.807) is 0 Å². The molecule has 1 aromatic carbocycles. The molecule has 0 aliphatic rings. The van der Waals surface area contributed by atoms with Crippen LogP contribution in [0.4, 0.5) is 0 Å². The molecular formula is C16H22BrN3. The molecule has 0 fully saturated rings. The molecule has 3 nitrogen and oxygen atoms in total. The number of aromatic nitrogens is 2. The maximum atomic E-state index is 4.44. The van der Waals surface area contributed by atoms with Gasteiger partial charge in [0.25, 0.3) is 0 Å². The number of aryl methyl sites for hydroxylation is 2. The third-order valence-corrected chi connectivity index (χ3v) is 4.25. The average Bonchev–Trinajstić information content (AvgIpc) is 2.88. The summed E-state index contributed by atoms with van der Waals surface area (Å²) >= 11 is 3.56. The Hall–Kier alpha value is -1.13. The van der Waals surface area contributed by atoms with Crippen molar-refractivity contribution >= 4 is 15.9 Å². The van der Waals surface area contributed by atoms with E-state index in [0.717, 1.165) is 24.0 Å². The van der Waals surface area contributed by atoms with Crippen molar-refractivity contribution in [3.05, 3.63) is 51.8 Å². The van der Waals surface area contributed by atoms with Crippen molar-refractivity contribution in [2.24, 2.45) is 0 Å². The van der Waals surface area contributed by atoms with Gasteiger partial charge in [0.15, 0.2) is 0 Å². The van der Waals surface area contributed by atoms with E-state index in [1.807, 2.05) is 10.9 Å². The molecule has 0 aliphatic heterocycles. The van der Waals surface area contributed by atoms with Gasteiger partial charge in [0.1, 0.15) is 0 Å². The average molecular weight is 336 g/mol. The summed E-state index contributed by atoms with van der Waals surface area (Å²) in [5, 5.41) is 7.99. The minimum atomic E-state index is 0.206. The number of hydrogen-bond donors (Lipinski definition) is 1. The topological polar surface area (TPSA) is 29.9 Å². The monoisotopic (exact) mass is 335 g/mol. The zero-order valence-electron chi connectivity index (χ0n) is 12.4. The van der Waals surface area contributed by atoms with E-state index in [-0.39, 0.29) is 6.04 Å². The highest BCUT2D eigenvalue weighted by molar-refractivity contribution is 9.10. The predicted octanol–water partition coefficient (Wildman–Crippen LogP) is 4.06. The largest absolute Gasteiger partial charge is 0.306 e. The maximum Gasteiger partial charge on any atom is 0.0607 e. The normalized spacial score (nSPS) is 12.6. The van der Waals surface area contributed by atoms with Crippen LogP contribution >= 0.6 is 15.9 Å². The Labute approximate surface area is 129 Å². The number of benzene rings is 1. The molecule has 0 saturated carbocycles. The van der Waals surface area contributed by atoms with Gasteiger partial charge in [0, 0.05) is 22.8 Å². The first kappa shape index (κ1) is 15.3. The molecule has 0 radical (unpaired) electrons. The first-order valence-electron chi connectivity index (χ1n) is 7.17. The van der Waals surface area contributed by atoms with Gasteiger partial charge in [0.05, 0.1) is 12.2 Å². The van der Waals surface area contributed by atoms with Gasteiger partial charge >= 0.3 is 0 Å². The number of hydrogen-bond acceptors (Lipinski definition) is 2. The highest BCUT2D eigenvalue weighted by Gasteiger charge is 2.15. The van der Waals surface area contributed by atoms with Gasteiger partial charge < -0.3 is 5.32 Å². The second-order valence-corrected chi connectivity index (χ2v) is 5.89. The van der Waals surface area contributed by atoms with E-state index in [0.29, 0.717) is 0 Å². The van der Waals surface area contributed by atoms with Crippen LogP contribution in [-0.4, -0.2) is 16.3 Å². The van der Waals surface area contributed by atoms with E-state index >= 15 is 0 Å². The molecule has 2 rings (SSSR count). The lowest BCUT2D eigenvalue weighted by Gasteiger charge is -2.18. The second-order valence-electron chi connectivity index (χ2n) is 5.04. The lowest BCUT2D eigenvalue weighted by molar-refractivity contribution is 0.597. The van der Waals surface area contributed by atoms with Gasteiger partial charge in [-0.3, -0.25) is 4.68 Å². The third kappa shape index (κ3) is 3.49. The molecule has 1 atom stereocenters. The fraction of sp³-hybridized carbons (Fsp3) is 0.438. The summed E-state index contributed by atoms with van der Waals surface area (Å²) in [7, 11) is 0. The van der Waals surface area contributed by atoms with Crippen molar-refractivity contribution in [3.63, 3.8) is 0 Å². The molecule has 1 N–H and O–H groups in total. The van der Waals surface area contributed by atoms with Crippen LogP contribution in [0.1, 0.15) is 43.0 Å². The predicted molar refractivity (Wildman–Crippen MR) is 86.9 cm³/mol. The standard InChI is InChI=1S/C16H22BrN3/c1-4-8-20-11-14(10-19-20)16(18-5-2)13-6-7-15(17)12(3)9-13/h6-7,9-11,16,18H,4-5,8H2,1-3H3. The molecule has 0 amide bonds. The molecule has 0 aliphatic carbocycles. The van der Waals surface area contributed by atoms with Crippen LogP contribution in [0.3, 0.4) is 0 Å². The van der Waals surface area contributed by atoms with Crippen molar-refractivity contribution in [2.75, 3.05) is 6.54 Å². The quantitative estimate of drug-likeness (QED) is 0.862. The van der Waals surface area contributed by atoms with Crippen molar-refractivity contribution in [1.82, 2.24) is 15.1 Å². The van der Waals surface area contributed by atoms with Crippen LogP contribution in [0.5, 0.6) is 0 Å². The zero-order chi connectivity index (χ0) is 14.5. The van der Waals surface area contributed by atoms with E-state index in [2.05, 4.69) is 71.5 Å². The number of nitrogens with one attached hydrogen (secondary N) is 1. The maximum absolute atomic E-state index is 4.44. The molecule has 4 heteroatoms. The molecule has 1 heterocycles. The molecule has 0 saturated heterocycles. The molecule has 2 aromatic rings. The van der Waals surface area contributed by atoms with Crippen molar-refractivity contribution in [3.8, 4) is 0 Å². The van der Waals surface area contributed by atoms with Gasteiger partial charge in [0.2, 0.25) is 0 Å². The molecule has 1 aromatic heterocycles.